The summed E-state index contributed by atoms with van der Waals surface area (Å²) in [6.07, 6.45) is 3.32. The first-order valence-electron chi connectivity index (χ1n) is 8.94. The van der Waals surface area contributed by atoms with Crippen LogP contribution in [0.25, 0.3) is 0 Å². The Morgan fingerprint density at radius 3 is 2.44 bits per heavy atom. The first kappa shape index (κ1) is 23.3. The maximum absolute atomic E-state index is 12.7. The monoisotopic (exact) mass is 408 g/mol. The third kappa shape index (κ3) is 6.71. The van der Waals surface area contributed by atoms with Gasteiger partial charge in [0.05, 0.1) is 11.4 Å². The van der Waals surface area contributed by atoms with E-state index in [-0.39, 0.29) is 11.3 Å². The molecule has 5 nitrogen and oxygen atoms in total. The second-order valence-electron chi connectivity index (χ2n) is 6.35. The van der Waals surface area contributed by atoms with Crippen molar-refractivity contribution < 1.29 is 26.4 Å². The Balaban J connectivity index is 3.14. The van der Waals surface area contributed by atoms with Gasteiger partial charge in [-0.2, -0.15) is 21.6 Å². The molecule has 27 heavy (non-hydrogen) atoms. The number of aryl methyl sites for hydroxylation is 1. The molecule has 1 N–H and O–H groups in total. The number of benzene rings is 1. The van der Waals surface area contributed by atoms with Crippen molar-refractivity contribution >= 4 is 21.4 Å². The average Bonchev–Trinajstić information content (AvgIpc) is 2.58. The minimum Gasteiger partial charge on any atom is -0.395 e. The van der Waals surface area contributed by atoms with E-state index in [0.717, 1.165) is 24.8 Å². The zero-order valence-electron chi connectivity index (χ0n) is 16.1. The van der Waals surface area contributed by atoms with Crippen LogP contribution < -0.4 is 4.72 Å². The van der Waals surface area contributed by atoms with Gasteiger partial charge in [0, 0.05) is 5.56 Å². The van der Waals surface area contributed by atoms with Gasteiger partial charge in [-0.3, -0.25) is 4.72 Å². The summed E-state index contributed by atoms with van der Waals surface area (Å²) in [5.74, 6) is 0.345. The Kier molecular flexibility index (Phi) is 8.59. The van der Waals surface area contributed by atoms with Crippen LogP contribution in [0.15, 0.2) is 23.4 Å². The van der Waals surface area contributed by atoms with Crippen molar-refractivity contribution in [3.8, 4) is 0 Å². The predicted octanol–water partition coefficient (Wildman–Crippen LogP) is 5.21. The van der Waals surface area contributed by atoms with Crippen molar-refractivity contribution in [1.29, 1.82) is 0 Å². The highest BCUT2D eigenvalue weighted by molar-refractivity contribution is 7.93. The second-order valence-corrected chi connectivity index (χ2v) is 8.02. The topological polar surface area (TPSA) is 67.8 Å². The summed E-state index contributed by atoms with van der Waals surface area (Å²) >= 11 is 0. The van der Waals surface area contributed by atoms with E-state index in [2.05, 4.69) is 19.0 Å². The van der Waals surface area contributed by atoms with Crippen LogP contribution in [0.2, 0.25) is 0 Å². The lowest BCUT2D eigenvalue weighted by molar-refractivity contribution is -0.0429. The van der Waals surface area contributed by atoms with Crippen LogP contribution in [0.5, 0.6) is 0 Å². The lowest BCUT2D eigenvalue weighted by Gasteiger charge is -2.16. The number of oxime groups is 1. The number of nitrogens with one attached hydrogen (secondary N) is 1. The van der Waals surface area contributed by atoms with Crippen molar-refractivity contribution in [2.75, 3.05) is 11.3 Å². The largest absolute Gasteiger partial charge is 0.516 e. The average molecular weight is 408 g/mol. The molecule has 0 radical (unpaired) electrons. The molecule has 0 saturated carbocycles. The van der Waals surface area contributed by atoms with Gasteiger partial charge < -0.3 is 4.84 Å². The molecule has 0 saturated heterocycles. The summed E-state index contributed by atoms with van der Waals surface area (Å²) < 4.78 is 62.7. The standard InChI is InChI=1S/C18H27F3N2O3S/c1-5-8-14(6-2)12-26-22-16(7-3)15-11-13(4)9-10-17(15)23-27(24,25)18(19,20)21/h9-11,14,23H,5-8,12H2,1-4H3/b22-16+. The van der Waals surface area contributed by atoms with Gasteiger partial charge in [0.2, 0.25) is 0 Å². The first-order valence-corrected chi connectivity index (χ1v) is 10.4. The Hall–Kier alpha value is -1.77. The Bertz CT molecular complexity index is 747. The first-order chi connectivity index (χ1) is 12.6. The predicted molar refractivity (Wildman–Crippen MR) is 101 cm³/mol. The van der Waals surface area contributed by atoms with Crippen LogP contribution in [-0.2, 0) is 14.9 Å². The summed E-state index contributed by atoms with van der Waals surface area (Å²) in [6.45, 7) is 8.07. The third-order valence-electron chi connectivity index (χ3n) is 4.13. The number of halogens is 3. The van der Waals surface area contributed by atoms with Gasteiger partial charge in [-0.15, -0.1) is 0 Å². The van der Waals surface area contributed by atoms with E-state index < -0.39 is 15.5 Å². The zero-order valence-corrected chi connectivity index (χ0v) is 16.9. The molecule has 0 bridgehead atoms. The SMILES string of the molecule is CCCC(CC)CO/N=C(\CC)c1cc(C)ccc1NS(=O)(=O)C(F)(F)F. The van der Waals surface area contributed by atoms with E-state index in [0.29, 0.717) is 24.7 Å². The third-order valence-corrected chi connectivity index (χ3v) is 5.23. The molecule has 154 valence electrons. The summed E-state index contributed by atoms with van der Waals surface area (Å²) in [7, 11) is -5.52. The minimum atomic E-state index is -5.52. The fraction of sp³-hybridized carbons (Fsp3) is 0.611. The van der Waals surface area contributed by atoms with Crippen LogP contribution in [-0.4, -0.2) is 26.2 Å². The molecular weight excluding hydrogens is 381 g/mol. The molecule has 0 aliphatic rings. The number of anilines is 1. The van der Waals surface area contributed by atoms with Crippen LogP contribution in [0, 0.1) is 12.8 Å². The van der Waals surface area contributed by atoms with E-state index >= 15 is 0 Å². The molecule has 0 aliphatic heterocycles. The van der Waals surface area contributed by atoms with Gasteiger partial charge in [-0.1, -0.05) is 44.0 Å². The lowest BCUT2D eigenvalue weighted by Crippen LogP contribution is -2.30. The van der Waals surface area contributed by atoms with E-state index in [1.807, 2.05) is 0 Å². The molecule has 1 aromatic carbocycles. The number of sulfonamides is 1. The van der Waals surface area contributed by atoms with Gasteiger partial charge in [0.1, 0.15) is 6.61 Å². The Morgan fingerprint density at radius 2 is 1.93 bits per heavy atom. The molecule has 0 spiro atoms. The van der Waals surface area contributed by atoms with Gasteiger partial charge in [-0.05, 0) is 44.2 Å². The molecule has 0 aromatic heterocycles. The number of alkyl halides is 3. The van der Waals surface area contributed by atoms with Crippen LogP contribution in [0.1, 0.15) is 57.6 Å². The van der Waals surface area contributed by atoms with Crippen molar-refractivity contribution in [3.05, 3.63) is 29.3 Å². The summed E-state index contributed by atoms with van der Waals surface area (Å²) in [5, 5.41) is 4.08. The molecular formula is C18H27F3N2O3S. The minimum absolute atomic E-state index is 0.178. The van der Waals surface area contributed by atoms with Crippen LogP contribution in [0.3, 0.4) is 0 Å². The Labute approximate surface area is 159 Å². The quantitative estimate of drug-likeness (QED) is 0.427. The smallest absolute Gasteiger partial charge is 0.395 e. The van der Waals surface area contributed by atoms with Crippen molar-refractivity contribution in [2.45, 2.75) is 58.9 Å². The van der Waals surface area contributed by atoms with Crippen molar-refractivity contribution in [1.82, 2.24) is 0 Å². The fourth-order valence-electron chi connectivity index (χ4n) is 2.53. The highest BCUT2D eigenvalue weighted by Crippen LogP contribution is 2.28. The van der Waals surface area contributed by atoms with Gasteiger partial charge in [0.15, 0.2) is 0 Å². The molecule has 1 unspecified atom stereocenters. The summed E-state index contributed by atoms with van der Waals surface area (Å²) in [5.41, 5.74) is -4.16. The lowest BCUT2D eigenvalue weighted by atomic mass is 10.0. The molecule has 0 aliphatic carbocycles. The summed E-state index contributed by atoms with van der Waals surface area (Å²) in [4.78, 5) is 5.43. The van der Waals surface area contributed by atoms with Crippen molar-refractivity contribution in [2.24, 2.45) is 11.1 Å². The number of hydrogen-bond acceptors (Lipinski definition) is 4. The highest BCUT2D eigenvalue weighted by atomic mass is 32.2. The van der Waals surface area contributed by atoms with Gasteiger partial charge in [0.25, 0.3) is 0 Å². The van der Waals surface area contributed by atoms with E-state index in [1.54, 1.807) is 24.6 Å². The van der Waals surface area contributed by atoms with E-state index in [1.165, 1.54) is 12.1 Å². The van der Waals surface area contributed by atoms with Crippen molar-refractivity contribution in [3.63, 3.8) is 0 Å². The molecule has 0 amide bonds. The molecule has 0 heterocycles. The van der Waals surface area contributed by atoms with Gasteiger partial charge in [-0.25, -0.2) is 0 Å². The fourth-order valence-corrected chi connectivity index (χ4v) is 3.11. The molecule has 1 atom stereocenters. The zero-order chi connectivity index (χ0) is 20.7. The maximum Gasteiger partial charge on any atom is 0.516 e. The normalized spacial score (nSPS) is 14.1. The van der Waals surface area contributed by atoms with Crippen LogP contribution >= 0.6 is 0 Å². The van der Waals surface area contributed by atoms with E-state index in [9.17, 15) is 21.6 Å². The maximum atomic E-state index is 12.7. The van der Waals surface area contributed by atoms with E-state index in [4.69, 9.17) is 4.84 Å². The number of hydrogen-bond donors (Lipinski definition) is 1. The molecule has 1 rings (SSSR count). The molecule has 9 heteroatoms. The van der Waals surface area contributed by atoms with Crippen LogP contribution in [0.4, 0.5) is 18.9 Å². The number of rotatable bonds is 10. The molecule has 0 fully saturated rings. The second kappa shape index (κ2) is 9.96. The summed E-state index contributed by atoms with van der Waals surface area (Å²) in [6, 6.07) is 4.41. The number of nitrogens with zero attached hydrogens (tertiary/aromatic N) is 1. The molecule has 1 aromatic rings. The highest BCUT2D eigenvalue weighted by Gasteiger charge is 2.46. The van der Waals surface area contributed by atoms with Gasteiger partial charge >= 0.3 is 15.5 Å². The Morgan fingerprint density at radius 1 is 1.26 bits per heavy atom.